The molecule has 2 rings (SSSR count). The van der Waals surface area contributed by atoms with Crippen LogP contribution in [0.25, 0.3) is 0 Å². The number of ether oxygens (including phenoxy) is 2. The van der Waals surface area contributed by atoms with E-state index in [1.54, 1.807) is 0 Å². The quantitative estimate of drug-likeness (QED) is 0.653. The van der Waals surface area contributed by atoms with Gasteiger partial charge < -0.3 is 26.3 Å². The third kappa shape index (κ3) is 4.03. The average Bonchev–Trinajstić information content (AvgIpc) is 2.54. The first-order valence-electron chi connectivity index (χ1n) is 7.73. The number of hydrogen-bond acceptors (Lipinski definition) is 6. The van der Waals surface area contributed by atoms with E-state index in [-0.39, 0.29) is 48.3 Å². The summed E-state index contributed by atoms with van der Waals surface area (Å²) in [5.41, 5.74) is 10.4. The summed E-state index contributed by atoms with van der Waals surface area (Å²) in [7, 11) is 1.38. The first kappa shape index (κ1) is 24.4. The van der Waals surface area contributed by atoms with Crippen LogP contribution in [0.4, 0.5) is 5.69 Å². The fraction of sp³-hybridized carbons (Fsp3) is 0.562. The molecule has 8 nitrogen and oxygen atoms in total. The molecule has 1 heterocycles. The molecule has 10 heteroatoms. The number of anilines is 1. The molecule has 1 aliphatic carbocycles. The monoisotopic (exact) mass is 408 g/mol. The first-order valence-corrected chi connectivity index (χ1v) is 7.73. The summed E-state index contributed by atoms with van der Waals surface area (Å²) in [5.74, 6) is -0.951. The summed E-state index contributed by atoms with van der Waals surface area (Å²) in [6.45, 7) is 6.27. The Morgan fingerprint density at radius 1 is 1.38 bits per heavy atom. The number of halogens is 2. The Morgan fingerprint density at radius 3 is 2.46 bits per heavy atom. The van der Waals surface area contributed by atoms with Crippen LogP contribution in [0.1, 0.15) is 37.6 Å². The summed E-state index contributed by atoms with van der Waals surface area (Å²) in [6, 6.07) is 1.42. The molecule has 2 amide bonds. The van der Waals surface area contributed by atoms with Crippen molar-refractivity contribution >= 4 is 42.3 Å². The van der Waals surface area contributed by atoms with Gasteiger partial charge in [0.15, 0.2) is 0 Å². The van der Waals surface area contributed by atoms with E-state index in [1.165, 1.54) is 19.4 Å². The van der Waals surface area contributed by atoms with Gasteiger partial charge in [0.1, 0.15) is 11.1 Å². The van der Waals surface area contributed by atoms with Crippen LogP contribution >= 0.6 is 24.8 Å². The molecule has 1 aromatic heterocycles. The van der Waals surface area contributed by atoms with Gasteiger partial charge in [0.25, 0.3) is 5.91 Å². The number of methoxy groups -OCH3 is 1. The molecule has 0 aliphatic heterocycles. The molecule has 148 valence electrons. The molecule has 26 heavy (non-hydrogen) atoms. The minimum absolute atomic E-state index is 0. The number of hydrogen-bond donors (Lipinski definition) is 3. The van der Waals surface area contributed by atoms with Crippen LogP contribution in [0, 0.1) is 5.41 Å². The number of nitrogens with one attached hydrogen (secondary N) is 1. The maximum atomic E-state index is 12.7. The van der Waals surface area contributed by atoms with Gasteiger partial charge in [0, 0.05) is 18.4 Å². The molecule has 5 N–H and O–H groups in total. The van der Waals surface area contributed by atoms with Crippen LogP contribution in [0.5, 0.6) is 5.88 Å². The SMILES string of the molecule is CCOC1CC(N)(C(=O)Nc2cnc(OC)c(C(N)=O)c2)C1(C)C.Cl.Cl. The van der Waals surface area contributed by atoms with Gasteiger partial charge in [0.2, 0.25) is 11.8 Å². The van der Waals surface area contributed by atoms with E-state index in [9.17, 15) is 9.59 Å². The average molecular weight is 409 g/mol. The van der Waals surface area contributed by atoms with Crippen LogP contribution in [-0.2, 0) is 9.53 Å². The number of aromatic nitrogens is 1. The van der Waals surface area contributed by atoms with Crippen molar-refractivity contribution in [1.82, 2.24) is 4.98 Å². The van der Waals surface area contributed by atoms with Crippen LogP contribution in [0.3, 0.4) is 0 Å². The number of nitrogens with zero attached hydrogens (tertiary/aromatic N) is 1. The Balaban J connectivity index is 0.00000312. The standard InChI is InChI=1S/C16H24N4O4.2ClH/c1-5-24-11-7-16(18,15(11,2)3)14(22)20-9-6-10(12(17)21)13(23-4)19-8-9;;/h6,8,11H,5,7,18H2,1-4H3,(H2,17,21)(H,20,22);2*1H. The third-order valence-corrected chi connectivity index (χ3v) is 4.80. The Morgan fingerprint density at radius 2 is 2.00 bits per heavy atom. The molecule has 0 spiro atoms. The van der Waals surface area contributed by atoms with Crippen molar-refractivity contribution in [3.8, 4) is 5.88 Å². The molecule has 0 aromatic carbocycles. The van der Waals surface area contributed by atoms with E-state index in [4.69, 9.17) is 20.9 Å². The highest BCUT2D eigenvalue weighted by Gasteiger charge is 2.62. The van der Waals surface area contributed by atoms with Crippen molar-refractivity contribution in [1.29, 1.82) is 0 Å². The van der Waals surface area contributed by atoms with Crippen LogP contribution in [-0.4, -0.2) is 42.2 Å². The number of carbonyl (C=O) groups excluding carboxylic acids is 2. The second-order valence-electron chi connectivity index (χ2n) is 6.44. The molecule has 2 unspecified atom stereocenters. The Labute approximate surface area is 165 Å². The zero-order chi connectivity index (χ0) is 18.1. The zero-order valence-electron chi connectivity index (χ0n) is 15.2. The predicted octanol–water partition coefficient (Wildman–Crippen LogP) is 1.50. The maximum Gasteiger partial charge on any atom is 0.254 e. The number of primary amides is 1. The summed E-state index contributed by atoms with van der Waals surface area (Å²) in [5, 5.41) is 2.70. The molecule has 1 fully saturated rings. The summed E-state index contributed by atoms with van der Waals surface area (Å²) in [4.78, 5) is 28.1. The Kier molecular flexibility index (Phi) is 8.31. The maximum absolute atomic E-state index is 12.7. The second-order valence-corrected chi connectivity index (χ2v) is 6.44. The van der Waals surface area contributed by atoms with Gasteiger partial charge in [0.05, 0.1) is 25.1 Å². The van der Waals surface area contributed by atoms with E-state index in [0.29, 0.717) is 18.7 Å². The first-order chi connectivity index (χ1) is 11.2. The van der Waals surface area contributed by atoms with Crippen molar-refractivity contribution in [2.75, 3.05) is 19.0 Å². The van der Waals surface area contributed by atoms with Crippen LogP contribution < -0.4 is 21.5 Å². The van der Waals surface area contributed by atoms with E-state index < -0.39 is 16.9 Å². The van der Waals surface area contributed by atoms with Crippen molar-refractivity contribution in [2.24, 2.45) is 16.9 Å². The van der Waals surface area contributed by atoms with Crippen molar-refractivity contribution < 1.29 is 19.1 Å². The normalized spacial score (nSPS) is 22.9. The second kappa shape index (κ2) is 8.85. The molecule has 0 bridgehead atoms. The number of amides is 2. The molecule has 0 saturated heterocycles. The van der Waals surface area contributed by atoms with Gasteiger partial charge >= 0.3 is 0 Å². The fourth-order valence-electron chi connectivity index (χ4n) is 2.92. The summed E-state index contributed by atoms with van der Waals surface area (Å²) in [6.07, 6.45) is 1.73. The Hall–Kier alpha value is -1.61. The molecule has 1 aliphatic rings. The molecule has 2 atom stereocenters. The van der Waals surface area contributed by atoms with Crippen molar-refractivity contribution in [3.63, 3.8) is 0 Å². The van der Waals surface area contributed by atoms with Gasteiger partial charge in [-0.3, -0.25) is 9.59 Å². The summed E-state index contributed by atoms with van der Waals surface area (Å²) < 4.78 is 10.6. The largest absolute Gasteiger partial charge is 0.480 e. The van der Waals surface area contributed by atoms with Crippen LogP contribution in [0.15, 0.2) is 12.3 Å². The van der Waals surface area contributed by atoms with Gasteiger partial charge in [-0.2, -0.15) is 0 Å². The minimum atomic E-state index is -1.07. The number of nitrogens with two attached hydrogens (primary N) is 2. The zero-order valence-corrected chi connectivity index (χ0v) is 16.8. The third-order valence-electron chi connectivity index (χ3n) is 4.80. The smallest absolute Gasteiger partial charge is 0.254 e. The van der Waals surface area contributed by atoms with Gasteiger partial charge in [-0.05, 0) is 13.0 Å². The highest BCUT2D eigenvalue weighted by atomic mass is 35.5. The number of rotatable bonds is 6. The lowest BCUT2D eigenvalue weighted by Gasteiger charge is -2.57. The van der Waals surface area contributed by atoms with E-state index in [2.05, 4.69) is 10.3 Å². The van der Waals surface area contributed by atoms with Gasteiger partial charge in [-0.15, -0.1) is 24.8 Å². The lowest BCUT2D eigenvalue weighted by molar-refractivity contribution is -0.166. The van der Waals surface area contributed by atoms with E-state index >= 15 is 0 Å². The van der Waals surface area contributed by atoms with E-state index in [0.717, 1.165) is 0 Å². The molecular weight excluding hydrogens is 383 g/mol. The number of carbonyl (C=O) groups is 2. The Bertz CT molecular complexity index is 672. The van der Waals surface area contributed by atoms with Gasteiger partial charge in [-0.25, -0.2) is 4.98 Å². The van der Waals surface area contributed by atoms with Crippen molar-refractivity contribution in [3.05, 3.63) is 17.8 Å². The van der Waals surface area contributed by atoms with E-state index in [1.807, 2.05) is 20.8 Å². The van der Waals surface area contributed by atoms with Gasteiger partial charge in [-0.1, -0.05) is 13.8 Å². The molecule has 1 saturated carbocycles. The highest BCUT2D eigenvalue weighted by Crippen LogP contribution is 2.50. The molecule has 0 radical (unpaired) electrons. The summed E-state index contributed by atoms with van der Waals surface area (Å²) >= 11 is 0. The number of pyridine rings is 1. The lowest BCUT2D eigenvalue weighted by Crippen LogP contribution is -2.74. The molecular formula is C16H26Cl2N4O4. The minimum Gasteiger partial charge on any atom is -0.480 e. The topological polar surface area (TPSA) is 130 Å². The predicted molar refractivity (Wildman–Crippen MR) is 103 cm³/mol. The fourth-order valence-corrected chi connectivity index (χ4v) is 2.92. The van der Waals surface area contributed by atoms with Crippen LogP contribution in [0.2, 0.25) is 0 Å². The van der Waals surface area contributed by atoms with Crippen molar-refractivity contribution in [2.45, 2.75) is 38.8 Å². The molecule has 1 aromatic rings. The highest BCUT2D eigenvalue weighted by molar-refractivity contribution is 6.01. The lowest BCUT2D eigenvalue weighted by atomic mass is 9.54.